The summed E-state index contributed by atoms with van der Waals surface area (Å²) in [5, 5.41) is 0. The van der Waals surface area contributed by atoms with Crippen molar-refractivity contribution < 1.29 is 14.3 Å². The molecule has 1 unspecified atom stereocenters. The van der Waals surface area contributed by atoms with Gasteiger partial charge in [-0.2, -0.15) is 0 Å². The third-order valence-corrected chi connectivity index (χ3v) is 3.15. The van der Waals surface area contributed by atoms with Crippen LogP contribution in [0.15, 0.2) is 24.3 Å². The molecule has 0 radical (unpaired) electrons. The van der Waals surface area contributed by atoms with Crippen molar-refractivity contribution in [2.24, 2.45) is 0 Å². The fraction of sp³-hybridized carbons (Fsp3) is 0.429. The first-order valence-corrected chi connectivity index (χ1v) is 6.57. The minimum atomic E-state index is -0.455. The van der Waals surface area contributed by atoms with Crippen molar-refractivity contribution in [3.05, 3.63) is 29.8 Å². The van der Waals surface area contributed by atoms with Crippen LogP contribution in [-0.2, 0) is 9.53 Å². The third kappa shape index (κ3) is 3.48. The smallest absolute Gasteiger partial charge is 0.269 e. The van der Waals surface area contributed by atoms with Gasteiger partial charge in [0.2, 0.25) is 0 Å². The summed E-state index contributed by atoms with van der Waals surface area (Å²) in [5.41, 5.74) is 6.21. The molecule has 1 heterocycles. The molecule has 1 aliphatic rings. The zero-order valence-electron chi connectivity index (χ0n) is 11.7. The summed E-state index contributed by atoms with van der Waals surface area (Å²) < 4.78 is 5.23. The Morgan fingerprint density at radius 2 is 2.10 bits per heavy atom. The van der Waals surface area contributed by atoms with E-state index < -0.39 is 6.10 Å². The van der Waals surface area contributed by atoms with Gasteiger partial charge in [0.1, 0.15) is 6.10 Å². The molecule has 108 valence electrons. The van der Waals surface area contributed by atoms with Crippen LogP contribution in [0.4, 0.5) is 5.69 Å². The van der Waals surface area contributed by atoms with Crippen LogP contribution in [0.25, 0.3) is 0 Å². The third-order valence-electron chi connectivity index (χ3n) is 3.15. The van der Waals surface area contributed by atoms with E-state index in [-0.39, 0.29) is 11.8 Å². The van der Waals surface area contributed by atoms with Gasteiger partial charge in [0.15, 0.2) is 0 Å². The van der Waals surface area contributed by atoms with E-state index in [0.717, 1.165) is 12.1 Å². The minimum absolute atomic E-state index is 0.306. The van der Waals surface area contributed by atoms with Crippen molar-refractivity contribution in [3.8, 4) is 0 Å². The highest BCUT2D eigenvalue weighted by molar-refractivity contribution is 5.96. The zero-order valence-corrected chi connectivity index (χ0v) is 11.7. The molecule has 2 N–H and O–H groups in total. The predicted octanol–water partition coefficient (Wildman–Crippen LogP) is 0.693. The van der Waals surface area contributed by atoms with E-state index >= 15 is 0 Å². The Labute approximate surface area is 118 Å². The first-order chi connectivity index (χ1) is 9.58. The van der Waals surface area contributed by atoms with Gasteiger partial charge in [0, 0.05) is 32.0 Å². The predicted molar refractivity (Wildman–Crippen MR) is 75.4 cm³/mol. The van der Waals surface area contributed by atoms with Crippen molar-refractivity contribution in [1.82, 2.24) is 10.9 Å². The van der Waals surface area contributed by atoms with Crippen LogP contribution in [0, 0.1) is 0 Å². The van der Waals surface area contributed by atoms with Gasteiger partial charge < -0.3 is 9.64 Å². The lowest BCUT2D eigenvalue weighted by atomic mass is 10.2. The lowest BCUT2D eigenvalue weighted by Gasteiger charge is -2.14. The normalized spacial score (nSPS) is 17.6. The average molecular weight is 277 g/mol. The van der Waals surface area contributed by atoms with E-state index in [9.17, 15) is 9.59 Å². The number of anilines is 1. The van der Waals surface area contributed by atoms with Crippen molar-refractivity contribution in [2.75, 3.05) is 25.6 Å². The molecule has 1 atom stereocenters. The molecular formula is C14H19N3O3. The molecule has 0 aromatic heterocycles. The molecule has 1 aliphatic heterocycles. The highest BCUT2D eigenvalue weighted by atomic mass is 16.5. The van der Waals surface area contributed by atoms with Gasteiger partial charge in [-0.25, -0.2) is 0 Å². The van der Waals surface area contributed by atoms with Gasteiger partial charge in [-0.1, -0.05) is 6.07 Å². The standard InChI is InChI=1S/C14H19N3O3/c1-17(2)11-6-3-5-10(9-11)13(18)15-16-14(19)12-7-4-8-20-12/h3,5-6,9,12H,4,7-8H2,1-2H3,(H,15,18)(H,16,19). The molecule has 1 fully saturated rings. The van der Waals surface area contributed by atoms with Crippen LogP contribution in [0.3, 0.4) is 0 Å². The van der Waals surface area contributed by atoms with Crippen LogP contribution >= 0.6 is 0 Å². The van der Waals surface area contributed by atoms with Crippen LogP contribution in [0.1, 0.15) is 23.2 Å². The van der Waals surface area contributed by atoms with Crippen LogP contribution in [0.2, 0.25) is 0 Å². The molecule has 0 bridgehead atoms. The summed E-state index contributed by atoms with van der Waals surface area (Å²) in [4.78, 5) is 25.6. The van der Waals surface area contributed by atoms with Gasteiger partial charge >= 0.3 is 0 Å². The maximum Gasteiger partial charge on any atom is 0.269 e. The SMILES string of the molecule is CN(C)c1cccc(C(=O)NNC(=O)C2CCCO2)c1. The number of amides is 2. The summed E-state index contributed by atoms with van der Waals surface area (Å²) in [6.45, 7) is 0.594. The van der Waals surface area contributed by atoms with E-state index in [2.05, 4.69) is 10.9 Å². The van der Waals surface area contributed by atoms with Crippen molar-refractivity contribution in [1.29, 1.82) is 0 Å². The number of rotatable bonds is 3. The van der Waals surface area contributed by atoms with E-state index in [1.54, 1.807) is 18.2 Å². The molecular weight excluding hydrogens is 258 g/mol. The van der Waals surface area contributed by atoms with Crippen LogP contribution < -0.4 is 15.8 Å². The summed E-state index contributed by atoms with van der Waals surface area (Å²) in [6.07, 6.45) is 1.11. The number of hydrazine groups is 1. The number of nitrogens with zero attached hydrogens (tertiary/aromatic N) is 1. The molecule has 2 amide bonds. The molecule has 1 aromatic carbocycles. The van der Waals surface area contributed by atoms with Gasteiger partial charge in [-0.15, -0.1) is 0 Å². The second kappa shape index (κ2) is 6.38. The lowest BCUT2D eigenvalue weighted by Crippen LogP contribution is -2.46. The van der Waals surface area contributed by atoms with Gasteiger partial charge in [-0.05, 0) is 31.0 Å². The van der Waals surface area contributed by atoms with Crippen LogP contribution in [0.5, 0.6) is 0 Å². The topological polar surface area (TPSA) is 70.7 Å². The Balaban J connectivity index is 1.91. The van der Waals surface area contributed by atoms with E-state index in [1.165, 1.54) is 0 Å². The molecule has 0 saturated carbocycles. The van der Waals surface area contributed by atoms with Crippen molar-refractivity contribution in [3.63, 3.8) is 0 Å². The zero-order chi connectivity index (χ0) is 14.5. The number of ether oxygens (including phenoxy) is 1. The molecule has 6 heteroatoms. The molecule has 2 rings (SSSR count). The Kier molecular flexibility index (Phi) is 4.57. The Hall–Kier alpha value is -2.08. The number of hydrogen-bond acceptors (Lipinski definition) is 4. The second-order valence-corrected chi connectivity index (χ2v) is 4.89. The maximum atomic E-state index is 12.0. The van der Waals surface area contributed by atoms with Crippen molar-refractivity contribution >= 4 is 17.5 Å². The summed E-state index contributed by atoms with van der Waals surface area (Å²) >= 11 is 0. The second-order valence-electron chi connectivity index (χ2n) is 4.89. The first kappa shape index (κ1) is 14.3. The molecule has 0 spiro atoms. The lowest BCUT2D eigenvalue weighted by molar-refractivity contribution is -0.130. The fourth-order valence-electron chi connectivity index (χ4n) is 1.98. The average Bonchev–Trinajstić information content (AvgIpc) is 2.98. The highest BCUT2D eigenvalue weighted by Gasteiger charge is 2.23. The quantitative estimate of drug-likeness (QED) is 0.798. The number of benzene rings is 1. The van der Waals surface area contributed by atoms with Gasteiger partial charge in [0.05, 0.1) is 0 Å². The number of nitrogens with one attached hydrogen (secondary N) is 2. The number of carbonyl (C=O) groups excluding carboxylic acids is 2. The molecule has 20 heavy (non-hydrogen) atoms. The van der Waals surface area contributed by atoms with E-state index in [0.29, 0.717) is 18.6 Å². The minimum Gasteiger partial charge on any atom is -0.378 e. The Morgan fingerprint density at radius 3 is 2.75 bits per heavy atom. The molecule has 0 aliphatic carbocycles. The van der Waals surface area contributed by atoms with Gasteiger partial charge in [-0.3, -0.25) is 20.4 Å². The van der Waals surface area contributed by atoms with E-state index in [4.69, 9.17) is 4.74 Å². The number of carbonyl (C=O) groups is 2. The van der Waals surface area contributed by atoms with E-state index in [1.807, 2.05) is 25.1 Å². The molecule has 6 nitrogen and oxygen atoms in total. The molecule has 1 saturated heterocycles. The summed E-state index contributed by atoms with van der Waals surface area (Å²) in [7, 11) is 3.80. The monoisotopic (exact) mass is 277 g/mol. The largest absolute Gasteiger partial charge is 0.378 e. The Bertz CT molecular complexity index is 496. The maximum absolute atomic E-state index is 12.0. The Morgan fingerprint density at radius 1 is 1.30 bits per heavy atom. The van der Waals surface area contributed by atoms with Gasteiger partial charge in [0.25, 0.3) is 11.8 Å². The first-order valence-electron chi connectivity index (χ1n) is 6.57. The summed E-state index contributed by atoms with van der Waals surface area (Å²) in [5.74, 6) is -0.653. The summed E-state index contributed by atoms with van der Waals surface area (Å²) in [6, 6.07) is 7.15. The fourth-order valence-corrected chi connectivity index (χ4v) is 1.98. The molecule has 1 aromatic rings. The van der Waals surface area contributed by atoms with Crippen molar-refractivity contribution in [2.45, 2.75) is 18.9 Å². The number of hydrogen-bond donors (Lipinski definition) is 2. The van der Waals surface area contributed by atoms with Crippen LogP contribution in [-0.4, -0.2) is 38.6 Å². The highest BCUT2D eigenvalue weighted by Crippen LogP contribution is 2.13.